The van der Waals surface area contributed by atoms with Crippen molar-refractivity contribution in [2.45, 2.75) is 13.5 Å². The smallest absolute Gasteiger partial charge is 0.272 e. The lowest BCUT2D eigenvalue weighted by molar-refractivity contribution is 0.0746. The van der Waals surface area contributed by atoms with Gasteiger partial charge in [0.05, 0.1) is 11.9 Å². The zero-order chi connectivity index (χ0) is 15.5. The summed E-state index contributed by atoms with van der Waals surface area (Å²) >= 11 is 0. The second kappa shape index (κ2) is 7.19. The van der Waals surface area contributed by atoms with Crippen LogP contribution in [0.5, 0.6) is 11.5 Å². The number of nitrogen functional groups attached to an aromatic ring is 1. The summed E-state index contributed by atoms with van der Waals surface area (Å²) in [5.74, 6) is 1.32. The van der Waals surface area contributed by atoms with Crippen LogP contribution in [0.25, 0.3) is 0 Å². The number of benzene rings is 1. The van der Waals surface area contributed by atoms with E-state index in [4.69, 9.17) is 15.2 Å². The van der Waals surface area contributed by atoms with Crippen molar-refractivity contribution in [3.8, 4) is 11.5 Å². The highest BCUT2D eigenvalue weighted by Gasteiger charge is 2.18. The molecule has 7 heteroatoms. The molecule has 0 bridgehead atoms. The number of anilines is 1. The minimum absolute atomic E-state index is 0. The van der Waals surface area contributed by atoms with Gasteiger partial charge in [-0.2, -0.15) is 0 Å². The molecular weight excluding hydrogens is 318 g/mol. The van der Waals surface area contributed by atoms with Crippen molar-refractivity contribution in [3.05, 3.63) is 47.8 Å². The number of hydrogen-bond acceptors (Lipinski definition) is 5. The molecule has 0 spiro atoms. The van der Waals surface area contributed by atoms with E-state index in [1.165, 1.54) is 6.20 Å². The third kappa shape index (κ3) is 3.65. The number of pyridine rings is 1. The number of carbonyl (C=O) groups is 1. The van der Waals surface area contributed by atoms with Crippen molar-refractivity contribution in [3.63, 3.8) is 0 Å². The standard InChI is InChI=1S/C16H17N3O3.ClH/c1-2-19(16(20)13-5-4-12(17)8-18-13)9-11-3-6-14-15(7-11)22-10-21-14;/h3-8H,2,9-10,17H2,1H3;1H. The Morgan fingerprint density at radius 2 is 2.04 bits per heavy atom. The number of carbonyl (C=O) groups excluding carboxylic acids is 1. The zero-order valence-electron chi connectivity index (χ0n) is 12.7. The molecule has 0 aliphatic carbocycles. The van der Waals surface area contributed by atoms with E-state index < -0.39 is 0 Å². The topological polar surface area (TPSA) is 77.7 Å². The van der Waals surface area contributed by atoms with Crippen LogP contribution in [0.2, 0.25) is 0 Å². The van der Waals surface area contributed by atoms with Gasteiger partial charge in [-0.15, -0.1) is 12.4 Å². The minimum atomic E-state index is -0.125. The summed E-state index contributed by atoms with van der Waals surface area (Å²) in [6.07, 6.45) is 1.49. The van der Waals surface area contributed by atoms with E-state index in [1.807, 2.05) is 25.1 Å². The van der Waals surface area contributed by atoms with Crippen LogP contribution in [-0.2, 0) is 6.54 Å². The minimum Gasteiger partial charge on any atom is -0.454 e. The summed E-state index contributed by atoms with van der Waals surface area (Å²) in [4.78, 5) is 18.3. The molecule has 2 heterocycles. The number of rotatable bonds is 4. The van der Waals surface area contributed by atoms with Gasteiger partial charge < -0.3 is 20.1 Å². The van der Waals surface area contributed by atoms with Crippen molar-refractivity contribution >= 4 is 24.0 Å². The van der Waals surface area contributed by atoms with Gasteiger partial charge in [-0.05, 0) is 36.8 Å². The molecule has 1 aliphatic rings. The quantitative estimate of drug-likeness (QED) is 0.928. The Balaban J connectivity index is 0.00000192. The van der Waals surface area contributed by atoms with Crippen molar-refractivity contribution < 1.29 is 14.3 Å². The van der Waals surface area contributed by atoms with E-state index in [1.54, 1.807) is 17.0 Å². The summed E-state index contributed by atoms with van der Waals surface area (Å²) in [6.45, 7) is 3.24. The average Bonchev–Trinajstić information content (AvgIpc) is 3.00. The fraction of sp³-hybridized carbons (Fsp3) is 0.250. The Kier molecular flexibility index (Phi) is 5.28. The van der Waals surface area contributed by atoms with Gasteiger partial charge in [-0.25, -0.2) is 4.98 Å². The van der Waals surface area contributed by atoms with Gasteiger partial charge in [0.25, 0.3) is 5.91 Å². The van der Waals surface area contributed by atoms with Gasteiger partial charge in [0.15, 0.2) is 11.5 Å². The first-order chi connectivity index (χ1) is 10.7. The van der Waals surface area contributed by atoms with Crippen molar-refractivity contribution in [1.82, 2.24) is 9.88 Å². The Labute approximate surface area is 140 Å². The van der Waals surface area contributed by atoms with Crippen molar-refractivity contribution in [2.75, 3.05) is 19.1 Å². The molecule has 0 unspecified atom stereocenters. The lowest BCUT2D eigenvalue weighted by Gasteiger charge is -2.20. The number of ether oxygens (including phenoxy) is 2. The van der Waals surface area contributed by atoms with Crippen LogP contribution in [0.15, 0.2) is 36.5 Å². The first-order valence-electron chi connectivity index (χ1n) is 7.06. The average molecular weight is 336 g/mol. The van der Waals surface area contributed by atoms with Crippen LogP contribution in [0.3, 0.4) is 0 Å². The Bertz CT molecular complexity index is 691. The normalized spacial score (nSPS) is 11.7. The van der Waals surface area contributed by atoms with Gasteiger partial charge in [0.2, 0.25) is 6.79 Å². The van der Waals surface area contributed by atoms with Crippen LogP contribution >= 0.6 is 12.4 Å². The second-order valence-electron chi connectivity index (χ2n) is 4.98. The van der Waals surface area contributed by atoms with Crippen LogP contribution < -0.4 is 15.2 Å². The molecule has 6 nitrogen and oxygen atoms in total. The summed E-state index contributed by atoms with van der Waals surface area (Å²) in [5, 5.41) is 0. The summed E-state index contributed by atoms with van der Waals surface area (Å²) in [6, 6.07) is 9.00. The molecule has 2 N–H and O–H groups in total. The fourth-order valence-electron chi connectivity index (χ4n) is 2.28. The van der Waals surface area contributed by atoms with Crippen LogP contribution in [0, 0.1) is 0 Å². The summed E-state index contributed by atoms with van der Waals surface area (Å²) < 4.78 is 10.6. The molecular formula is C16H18ClN3O3. The number of hydrogen-bond donors (Lipinski definition) is 1. The van der Waals surface area contributed by atoms with Crippen molar-refractivity contribution in [1.29, 1.82) is 0 Å². The van der Waals surface area contributed by atoms with Gasteiger partial charge in [0.1, 0.15) is 5.69 Å². The lowest BCUT2D eigenvalue weighted by Crippen LogP contribution is -2.30. The fourth-order valence-corrected chi connectivity index (χ4v) is 2.28. The molecule has 3 rings (SSSR count). The van der Waals surface area contributed by atoms with Crippen LogP contribution in [0.4, 0.5) is 5.69 Å². The van der Waals surface area contributed by atoms with Crippen LogP contribution in [0.1, 0.15) is 23.0 Å². The Morgan fingerprint density at radius 1 is 1.26 bits per heavy atom. The summed E-state index contributed by atoms with van der Waals surface area (Å²) in [7, 11) is 0. The first-order valence-corrected chi connectivity index (χ1v) is 7.06. The molecule has 122 valence electrons. The number of nitrogens with zero attached hydrogens (tertiary/aromatic N) is 2. The third-order valence-corrected chi connectivity index (χ3v) is 3.48. The van der Waals surface area contributed by atoms with Gasteiger partial charge in [-0.1, -0.05) is 6.07 Å². The van der Waals surface area contributed by atoms with Gasteiger partial charge >= 0.3 is 0 Å². The molecule has 0 fully saturated rings. The molecule has 1 amide bonds. The number of halogens is 1. The van der Waals surface area contributed by atoms with Crippen LogP contribution in [-0.4, -0.2) is 29.1 Å². The third-order valence-electron chi connectivity index (χ3n) is 3.48. The van der Waals surface area contributed by atoms with E-state index in [2.05, 4.69) is 4.98 Å². The Hall–Kier alpha value is -2.47. The molecule has 1 aromatic heterocycles. The summed E-state index contributed by atoms with van der Waals surface area (Å²) in [5.41, 5.74) is 7.50. The molecule has 0 radical (unpaired) electrons. The number of aromatic nitrogens is 1. The molecule has 2 aromatic rings. The maximum atomic E-state index is 12.5. The monoisotopic (exact) mass is 335 g/mol. The maximum Gasteiger partial charge on any atom is 0.272 e. The Morgan fingerprint density at radius 3 is 2.74 bits per heavy atom. The molecule has 1 aromatic carbocycles. The molecule has 23 heavy (non-hydrogen) atoms. The lowest BCUT2D eigenvalue weighted by atomic mass is 10.1. The molecule has 0 atom stereocenters. The van der Waals surface area contributed by atoms with E-state index in [0.29, 0.717) is 30.2 Å². The predicted molar refractivity (Wildman–Crippen MR) is 88.9 cm³/mol. The SMILES string of the molecule is CCN(Cc1ccc2c(c1)OCO2)C(=O)c1ccc(N)cn1.Cl. The molecule has 0 saturated carbocycles. The highest BCUT2D eigenvalue weighted by atomic mass is 35.5. The maximum absolute atomic E-state index is 12.5. The molecule has 0 saturated heterocycles. The van der Waals surface area contributed by atoms with E-state index in [-0.39, 0.29) is 25.1 Å². The number of amides is 1. The second-order valence-corrected chi connectivity index (χ2v) is 4.98. The predicted octanol–water partition coefficient (Wildman–Crippen LogP) is 2.48. The van der Waals surface area contributed by atoms with E-state index >= 15 is 0 Å². The van der Waals surface area contributed by atoms with Crippen molar-refractivity contribution in [2.24, 2.45) is 0 Å². The highest BCUT2D eigenvalue weighted by molar-refractivity contribution is 5.92. The molecule has 1 aliphatic heterocycles. The van der Waals surface area contributed by atoms with Gasteiger partial charge in [0, 0.05) is 13.1 Å². The van der Waals surface area contributed by atoms with E-state index in [9.17, 15) is 4.79 Å². The largest absolute Gasteiger partial charge is 0.454 e. The number of nitrogens with two attached hydrogens (primary N) is 1. The highest BCUT2D eigenvalue weighted by Crippen LogP contribution is 2.32. The van der Waals surface area contributed by atoms with Gasteiger partial charge in [-0.3, -0.25) is 4.79 Å². The number of fused-ring (bicyclic) bond motifs is 1. The van der Waals surface area contributed by atoms with E-state index in [0.717, 1.165) is 11.3 Å². The first kappa shape index (κ1) is 16.9. The zero-order valence-corrected chi connectivity index (χ0v) is 13.5.